The van der Waals surface area contributed by atoms with Crippen LogP contribution in [0.4, 0.5) is 0 Å². The molecule has 0 amide bonds. The van der Waals surface area contributed by atoms with Gasteiger partial charge in [0.2, 0.25) is 0 Å². The zero-order chi connectivity index (χ0) is 11.8. The van der Waals surface area contributed by atoms with Crippen LogP contribution in [0.1, 0.15) is 65.2 Å². The van der Waals surface area contributed by atoms with Crippen LogP contribution in [0.2, 0.25) is 0 Å². The molecule has 0 radical (unpaired) electrons. The zero-order valence-corrected chi connectivity index (χ0v) is 10.8. The molecule has 16 heavy (non-hydrogen) atoms. The van der Waals surface area contributed by atoms with Crippen molar-refractivity contribution in [2.45, 2.75) is 77.3 Å². The molecule has 92 valence electrons. The number of hydrogen-bond acceptors (Lipinski definition) is 2. The summed E-state index contributed by atoms with van der Waals surface area (Å²) in [7, 11) is 0. The Morgan fingerprint density at radius 2 is 2.12 bits per heavy atom. The third-order valence-corrected chi connectivity index (χ3v) is 3.67. The van der Waals surface area contributed by atoms with Gasteiger partial charge in [-0.05, 0) is 26.2 Å². The predicted octanol–water partition coefficient (Wildman–Crippen LogP) is 3.63. The monoisotopic (exact) mass is 222 g/mol. The van der Waals surface area contributed by atoms with E-state index in [-0.39, 0.29) is 5.92 Å². The lowest BCUT2D eigenvalue weighted by molar-refractivity contribution is 0.387. The van der Waals surface area contributed by atoms with Gasteiger partial charge in [-0.3, -0.25) is 0 Å². The molecule has 0 aromatic heterocycles. The Bertz CT molecular complexity index is 219. The van der Waals surface area contributed by atoms with Crippen LogP contribution in [0.5, 0.6) is 0 Å². The first-order valence-electron chi connectivity index (χ1n) is 6.93. The molecule has 3 unspecified atom stereocenters. The van der Waals surface area contributed by atoms with E-state index in [1.54, 1.807) is 0 Å². The van der Waals surface area contributed by atoms with E-state index in [0.29, 0.717) is 12.1 Å². The van der Waals surface area contributed by atoms with Gasteiger partial charge in [0.15, 0.2) is 0 Å². The summed E-state index contributed by atoms with van der Waals surface area (Å²) in [6, 6.07) is 3.48. The SMILES string of the molecule is CCCCCCC(C)NC1CCCC1C#N. The van der Waals surface area contributed by atoms with Crippen LogP contribution in [0.3, 0.4) is 0 Å². The third-order valence-electron chi connectivity index (χ3n) is 3.67. The Kier molecular flexibility index (Phi) is 6.49. The molecule has 3 atom stereocenters. The standard InChI is InChI=1S/C14H26N2/c1-3-4-5-6-8-12(2)16-14-10-7-9-13(14)11-15/h12-14,16H,3-10H2,1-2H3. The fourth-order valence-electron chi connectivity index (χ4n) is 2.64. The number of unbranched alkanes of at least 4 members (excludes halogenated alkanes) is 3. The Hall–Kier alpha value is -0.550. The van der Waals surface area contributed by atoms with E-state index in [0.717, 1.165) is 6.42 Å². The van der Waals surface area contributed by atoms with E-state index >= 15 is 0 Å². The first-order valence-corrected chi connectivity index (χ1v) is 6.93. The van der Waals surface area contributed by atoms with Gasteiger partial charge in [-0.15, -0.1) is 0 Å². The molecule has 1 fully saturated rings. The van der Waals surface area contributed by atoms with Gasteiger partial charge >= 0.3 is 0 Å². The lowest BCUT2D eigenvalue weighted by atomic mass is 10.0. The minimum Gasteiger partial charge on any atom is -0.310 e. The first kappa shape index (κ1) is 13.5. The van der Waals surface area contributed by atoms with E-state index in [9.17, 15) is 0 Å². The smallest absolute Gasteiger partial charge is 0.0672 e. The fraction of sp³-hybridized carbons (Fsp3) is 0.929. The summed E-state index contributed by atoms with van der Waals surface area (Å²) in [5, 5.41) is 12.6. The van der Waals surface area contributed by atoms with Gasteiger partial charge in [0, 0.05) is 12.1 Å². The van der Waals surface area contributed by atoms with Crippen molar-refractivity contribution in [3.05, 3.63) is 0 Å². The summed E-state index contributed by atoms with van der Waals surface area (Å²) >= 11 is 0. The van der Waals surface area contributed by atoms with Crippen molar-refractivity contribution in [3.63, 3.8) is 0 Å². The molecule has 0 aliphatic heterocycles. The average molecular weight is 222 g/mol. The maximum absolute atomic E-state index is 9.01. The van der Waals surface area contributed by atoms with Gasteiger partial charge in [0.05, 0.1) is 12.0 Å². The highest BCUT2D eigenvalue weighted by Gasteiger charge is 2.27. The molecule has 0 heterocycles. The van der Waals surface area contributed by atoms with Gasteiger partial charge in [0.1, 0.15) is 0 Å². The Morgan fingerprint density at radius 3 is 2.81 bits per heavy atom. The molecule has 1 aliphatic carbocycles. The molecule has 2 heteroatoms. The quantitative estimate of drug-likeness (QED) is 0.668. The van der Waals surface area contributed by atoms with Crippen LogP contribution in [0, 0.1) is 17.2 Å². The minimum atomic E-state index is 0.262. The number of nitriles is 1. The summed E-state index contributed by atoms with van der Waals surface area (Å²) in [4.78, 5) is 0. The highest BCUT2D eigenvalue weighted by molar-refractivity contribution is 4.97. The second-order valence-corrected chi connectivity index (χ2v) is 5.19. The number of rotatable bonds is 7. The second kappa shape index (κ2) is 7.68. The van der Waals surface area contributed by atoms with Crippen molar-refractivity contribution in [1.29, 1.82) is 5.26 Å². The summed E-state index contributed by atoms with van der Waals surface area (Å²) < 4.78 is 0. The van der Waals surface area contributed by atoms with Crippen molar-refractivity contribution in [2.24, 2.45) is 5.92 Å². The van der Waals surface area contributed by atoms with Gasteiger partial charge in [0.25, 0.3) is 0 Å². The Labute approximate surface area is 100 Å². The molecule has 0 aromatic carbocycles. The predicted molar refractivity (Wildman–Crippen MR) is 68.1 cm³/mol. The molecular formula is C14H26N2. The summed E-state index contributed by atoms with van der Waals surface area (Å²) in [6.45, 7) is 4.51. The summed E-state index contributed by atoms with van der Waals surface area (Å²) in [6.07, 6.45) is 10.1. The molecule has 1 saturated carbocycles. The molecule has 1 N–H and O–H groups in total. The highest BCUT2D eigenvalue weighted by Crippen LogP contribution is 2.25. The second-order valence-electron chi connectivity index (χ2n) is 5.19. The number of hydrogen-bond donors (Lipinski definition) is 1. The Morgan fingerprint density at radius 1 is 1.31 bits per heavy atom. The van der Waals surface area contributed by atoms with Crippen LogP contribution in [-0.2, 0) is 0 Å². The normalized spacial score (nSPS) is 26.6. The van der Waals surface area contributed by atoms with Crippen molar-refractivity contribution in [3.8, 4) is 6.07 Å². The minimum absolute atomic E-state index is 0.262. The molecule has 1 aliphatic rings. The van der Waals surface area contributed by atoms with Gasteiger partial charge < -0.3 is 5.32 Å². The van der Waals surface area contributed by atoms with E-state index in [2.05, 4.69) is 25.2 Å². The molecule has 0 saturated heterocycles. The lowest BCUT2D eigenvalue weighted by Crippen LogP contribution is -2.38. The van der Waals surface area contributed by atoms with E-state index in [1.807, 2.05) is 0 Å². The van der Waals surface area contributed by atoms with Gasteiger partial charge in [-0.2, -0.15) is 5.26 Å². The maximum Gasteiger partial charge on any atom is 0.0672 e. The molecule has 1 rings (SSSR count). The third kappa shape index (κ3) is 4.53. The topological polar surface area (TPSA) is 35.8 Å². The Balaban J connectivity index is 2.13. The average Bonchev–Trinajstić information content (AvgIpc) is 2.71. The summed E-state index contributed by atoms with van der Waals surface area (Å²) in [5.74, 6) is 0.262. The first-order chi connectivity index (χ1) is 7.77. The van der Waals surface area contributed by atoms with Crippen molar-refractivity contribution in [2.75, 3.05) is 0 Å². The maximum atomic E-state index is 9.01. The largest absolute Gasteiger partial charge is 0.310 e. The van der Waals surface area contributed by atoms with E-state index in [1.165, 1.54) is 44.9 Å². The van der Waals surface area contributed by atoms with Crippen LogP contribution >= 0.6 is 0 Å². The number of nitrogens with one attached hydrogen (secondary N) is 1. The van der Waals surface area contributed by atoms with Crippen LogP contribution in [-0.4, -0.2) is 12.1 Å². The van der Waals surface area contributed by atoms with Gasteiger partial charge in [-0.1, -0.05) is 39.0 Å². The molecule has 0 aromatic rings. The van der Waals surface area contributed by atoms with Crippen molar-refractivity contribution < 1.29 is 0 Å². The lowest BCUT2D eigenvalue weighted by Gasteiger charge is -2.21. The van der Waals surface area contributed by atoms with Crippen LogP contribution < -0.4 is 5.32 Å². The van der Waals surface area contributed by atoms with Crippen molar-refractivity contribution in [1.82, 2.24) is 5.32 Å². The van der Waals surface area contributed by atoms with E-state index in [4.69, 9.17) is 5.26 Å². The van der Waals surface area contributed by atoms with Crippen molar-refractivity contribution >= 4 is 0 Å². The van der Waals surface area contributed by atoms with Crippen LogP contribution in [0.15, 0.2) is 0 Å². The van der Waals surface area contributed by atoms with Crippen LogP contribution in [0.25, 0.3) is 0 Å². The highest BCUT2D eigenvalue weighted by atomic mass is 15.0. The van der Waals surface area contributed by atoms with E-state index < -0.39 is 0 Å². The fourth-order valence-corrected chi connectivity index (χ4v) is 2.64. The molecular weight excluding hydrogens is 196 g/mol. The van der Waals surface area contributed by atoms with Gasteiger partial charge in [-0.25, -0.2) is 0 Å². The molecule has 2 nitrogen and oxygen atoms in total. The molecule has 0 spiro atoms. The summed E-state index contributed by atoms with van der Waals surface area (Å²) in [5.41, 5.74) is 0. The molecule has 0 bridgehead atoms. The number of nitrogens with zero attached hydrogens (tertiary/aromatic N) is 1. The zero-order valence-electron chi connectivity index (χ0n) is 10.8.